The van der Waals surface area contributed by atoms with Gasteiger partial charge in [-0.05, 0) is 48.9 Å². The highest BCUT2D eigenvalue weighted by Gasteiger charge is 2.06. The number of hydrazine groups is 1. The Morgan fingerprint density at radius 1 is 1.00 bits per heavy atom. The lowest BCUT2D eigenvalue weighted by Crippen LogP contribution is -2.40. The SMILES string of the molecule is COc1ccc(OC)c(/C=C/C(=O)NNC(=O)CCCOc2ccc(Cl)cc2Cl)c1. The van der Waals surface area contributed by atoms with Crippen molar-refractivity contribution in [3.05, 3.63) is 58.1 Å². The highest BCUT2D eigenvalue weighted by molar-refractivity contribution is 6.35. The number of carbonyl (C=O) groups is 2. The molecule has 0 fully saturated rings. The topological polar surface area (TPSA) is 85.9 Å². The average molecular weight is 453 g/mol. The van der Waals surface area contributed by atoms with E-state index in [1.165, 1.54) is 13.2 Å². The number of hydrogen-bond acceptors (Lipinski definition) is 5. The highest BCUT2D eigenvalue weighted by atomic mass is 35.5. The third kappa shape index (κ3) is 7.50. The second kappa shape index (κ2) is 11.9. The molecule has 0 heterocycles. The molecular weight excluding hydrogens is 431 g/mol. The van der Waals surface area contributed by atoms with Crippen molar-refractivity contribution in [3.63, 3.8) is 0 Å². The van der Waals surface area contributed by atoms with Crippen LogP contribution >= 0.6 is 23.2 Å². The molecule has 160 valence electrons. The first-order chi connectivity index (χ1) is 14.4. The minimum atomic E-state index is -0.489. The number of amides is 2. The monoisotopic (exact) mass is 452 g/mol. The van der Waals surface area contributed by atoms with Crippen molar-refractivity contribution in [3.8, 4) is 17.2 Å². The molecule has 2 aromatic rings. The Hall–Kier alpha value is -2.90. The van der Waals surface area contributed by atoms with E-state index in [1.54, 1.807) is 49.6 Å². The van der Waals surface area contributed by atoms with E-state index in [1.807, 2.05) is 0 Å². The van der Waals surface area contributed by atoms with Gasteiger partial charge in [-0.3, -0.25) is 20.4 Å². The Balaban J connectivity index is 1.73. The van der Waals surface area contributed by atoms with Gasteiger partial charge in [-0.15, -0.1) is 0 Å². The molecule has 2 N–H and O–H groups in total. The number of rotatable bonds is 9. The predicted octanol–water partition coefficient (Wildman–Crippen LogP) is 4.03. The van der Waals surface area contributed by atoms with Gasteiger partial charge in [-0.1, -0.05) is 23.2 Å². The van der Waals surface area contributed by atoms with Gasteiger partial charge in [-0.25, -0.2) is 0 Å². The van der Waals surface area contributed by atoms with Crippen molar-refractivity contribution in [2.75, 3.05) is 20.8 Å². The van der Waals surface area contributed by atoms with E-state index < -0.39 is 5.91 Å². The molecule has 2 amide bonds. The van der Waals surface area contributed by atoms with Crippen LogP contribution in [0.2, 0.25) is 10.0 Å². The normalized spacial score (nSPS) is 10.5. The van der Waals surface area contributed by atoms with Crippen molar-refractivity contribution in [2.45, 2.75) is 12.8 Å². The molecule has 9 heteroatoms. The molecule has 0 spiro atoms. The van der Waals surface area contributed by atoms with Crippen LogP contribution in [-0.4, -0.2) is 32.6 Å². The lowest BCUT2D eigenvalue weighted by Gasteiger charge is -2.09. The first-order valence-electron chi connectivity index (χ1n) is 8.99. The van der Waals surface area contributed by atoms with Crippen molar-refractivity contribution in [2.24, 2.45) is 0 Å². The van der Waals surface area contributed by atoms with Crippen molar-refractivity contribution < 1.29 is 23.8 Å². The van der Waals surface area contributed by atoms with Crippen molar-refractivity contribution >= 4 is 41.1 Å². The number of hydrogen-bond donors (Lipinski definition) is 2. The lowest BCUT2D eigenvalue weighted by molar-refractivity contribution is -0.126. The van der Waals surface area contributed by atoms with Crippen LogP contribution in [0, 0.1) is 0 Å². The summed E-state index contributed by atoms with van der Waals surface area (Å²) < 4.78 is 15.9. The second-order valence-corrected chi connectivity index (χ2v) is 6.85. The standard InChI is InChI=1S/C21H22Cl2N2O5/c1-28-16-7-9-18(29-2)14(12-16)5-10-21(27)25-24-20(26)4-3-11-30-19-8-6-15(22)13-17(19)23/h5-10,12-13H,3-4,11H2,1-2H3,(H,24,26)(H,25,27)/b10-5+. The van der Waals surface area contributed by atoms with Gasteiger partial charge < -0.3 is 14.2 Å². The van der Waals surface area contributed by atoms with Gasteiger partial charge in [0, 0.05) is 23.1 Å². The van der Waals surface area contributed by atoms with Crippen LogP contribution < -0.4 is 25.1 Å². The van der Waals surface area contributed by atoms with E-state index in [-0.39, 0.29) is 18.9 Å². The minimum Gasteiger partial charge on any atom is -0.497 e. The van der Waals surface area contributed by atoms with Crippen LogP contribution in [0.5, 0.6) is 17.2 Å². The minimum absolute atomic E-state index is 0.166. The van der Waals surface area contributed by atoms with Crippen LogP contribution in [0.1, 0.15) is 18.4 Å². The predicted molar refractivity (Wildman–Crippen MR) is 116 cm³/mol. The smallest absolute Gasteiger partial charge is 0.262 e. The summed E-state index contributed by atoms with van der Waals surface area (Å²) in [5, 5.41) is 0.917. The molecule has 30 heavy (non-hydrogen) atoms. The van der Waals surface area contributed by atoms with Crippen LogP contribution in [0.3, 0.4) is 0 Å². The number of nitrogens with one attached hydrogen (secondary N) is 2. The van der Waals surface area contributed by atoms with E-state index in [9.17, 15) is 9.59 Å². The summed E-state index contributed by atoms with van der Waals surface area (Å²) in [7, 11) is 3.08. The molecule has 0 radical (unpaired) electrons. The molecule has 0 atom stereocenters. The summed E-state index contributed by atoms with van der Waals surface area (Å²) in [6.45, 7) is 0.290. The van der Waals surface area contributed by atoms with E-state index in [2.05, 4.69) is 10.9 Å². The fourth-order valence-electron chi connectivity index (χ4n) is 2.38. The summed E-state index contributed by atoms with van der Waals surface area (Å²) in [4.78, 5) is 23.8. The fraction of sp³-hybridized carbons (Fsp3) is 0.238. The molecule has 7 nitrogen and oxygen atoms in total. The van der Waals surface area contributed by atoms with E-state index in [0.717, 1.165) is 0 Å². The molecule has 0 unspecified atom stereocenters. The molecule has 2 aromatic carbocycles. The number of methoxy groups -OCH3 is 2. The van der Waals surface area contributed by atoms with Crippen molar-refractivity contribution in [1.82, 2.24) is 10.9 Å². The van der Waals surface area contributed by atoms with E-state index in [4.69, 9.17) is 37.4 Å². The zero-order chi connectivity index (χ0) is 21.9. The Labute approximate surface area is 184 Å². The number of halogens is 2. The first-order valence-corrected chi connectivity index (χ1v) is 9.75. The molecule has 0 saturated heterocycles. The lowest BCUT2D eigenvalue weighted by atomic mass is 10.1. The van der Waals surface area contributed by atoms with E-state index in [0.29, 0.717) is 39.3 Å². The third-order valence-electron chi connectivity index (χ3n) is 3.88. The van der Waals surface area contributed by atoms with Gasteiger partial charge in [0.25, 0.3) is 5.91 Å². The van der Waals surface area contributed by atoms with Crippen LogP contribution in [-0.2, 0) is 9.59 Å². The summed E-state index contributed by atoms with van der Waals surface area (Å²) >= 11 is 11.8. The molecule has 0 aromatic heterocycles. The number of carbonyl (C=O) groups excluding carboxylic acids is 2. The Morgan fingerprint density at radius 3 is 2.47 bits per heavy atom. The zero-order valence-electron chi connectivity index (χ0n) is 16.5. The van der Waals surface area contributed by atoms with Crippen LogP contribution in [0.4, 0.5) is 0 Å². The molecular formula is C21H22Cl2N2O5. The number of benzene rings is 2. The number of ether oxygens (including phenoxy) is 3. The van der Waals surface area contributed by atoms with Gasteiger partial charge in [-0.2, -0.15) is 0 Å². The molecule has 0 aliphatic heterocycles. The van der Waals surface area contributed by atoms with Gasteiger partial charge in [0.15, 0.2) is 0 Å². The molecule has 2 rings (SSSR count). The van der Waals surface area contributed by atoms with E-state index >= 15 is 0 Å². The summed E-state index contributed by atoms with van der Waals surface area (Å²) in [6, 6.07) is 10.1. The molecule has 0 aliphatic rings. The van der Waals surface area contributed by atoms with Gasteiger partial charge >= 0.3 is 0 Å². The largest absolute Gasteiger partial charge is 0.497 e. The Kier molecular flexibility index (Phi) is 9.31. The van der Waals surface area contributed by atoms with Gasteiger partial charge in [0.2, 0.25) is 5.91 Å². The molecule has 0 bridgehead atoms. The van der Waals surface area contributed by atoms with Crippen LogP contribution in [0.15, 0.2) is 42.5 Å². The zero-order valence-corrected chi connectivity index (χ0v) is 18.0. The average Bonchev–Trinajstić information content (AvgIpc) is 2.74. The summed E-state index contributed by atoms with van der Waals surface area (Å²) in [5.74, 6) is 0.878. The van der Waals surface area contributed by atoms with Crippen molar-refractivity contribution in [1.29, 1.82) is 0 Å². The fourth-order valence-corrected chi connectivity index (χ4v) is 2.84. The first kappa shape index (κ1) is 23.4. The molecule has 0 aliphatic carbocycles. The maximum atomic E-state index is 11.9. The van der Waals surface area contributed by atoms with Gasteiger partial charge in [0.1, 0.15) is 17.2 Å². The van der Waals surface area contributed by atoms with Crippen LogP contribution in [0.25, 0.3) is 6.08 Å². The summed E-state index contributed by atoms with van der Waals surface area (Å²) in [6.07, 6.45) is 3.45. The third-order valence-corrected chi connectivity index (χ3v) is 4.41. The second-order valence-electron chi connectivity index (χ2n) is 6.01. The maximum absolute atomic E-state index is 11.9. The Morgan fingerprint density at radius 2 is 1.77 bits per heavy atom. The van der Waals surface area contributed by atoms with Gasteiger partial charge in [0.05, 0.1) is 25.8 Å². The summed E-state index contributed by atoms with van der Waals surface area (Å²) in [5.41, 5.74) is 5.32. The quantitative estimate of drug-likeness (QED) is 0.340. The maximum Gasteiger partial charge on any atom is 0.262 e. The highest BCUT2D eigenvalue weighted by Crippen LogP contribution is 2.27. The Bertz CT molecular complexity index is 918. The molecule has 0 saturated carbocycles.